The Morgan fingerprint density at radius 1 is 1.47 bits per heavy atom. The van der Waals surface area contributed by atoms with E-state index in [-0.39, 0.29) is 5.91 Å². The van der Waals surface area contributed by atoms with Crippen molar-refractivity contribution in [2.45, 2.75) is 51.5 Å². The molecule has 1 aliphatic carbocycles. The van der Waals surface area contributed by atoms with Crippen LogP contribution in [0.25, 0.3) is 0 Å². The second-order valence-corrected chi connectivity index (χ2v) is 5.97. The van der Waals surface area contributed by atoms with Gasteiger partial charge in [-0.15, -0.1) is 0 Å². The molecule has 1 aromatic heterocycles. The van der Waals surface area contributed by atoms with Gasteiger partial charge in [-0.3, -0.25) is 4.79 Å². The summed E-state index contributed by atoms with van der Waals surface area (Å²) in [6.07, 6.45) is 6.91. The quantitative estimate of drug-likeness (QED) is 0.672. The van der Waals surface area contributed by atoms with Crippen LogP contribution in [0.2, 0.25) is 0 Å². The fourth-order valence-electron chi connectivity index (χ4n) is 1.94. The molecule has 1 aromatic rings. The predicted molar refractivity (Wildman–Crippen MR) is 79.6 cm³/mol. The summed E-state index contributed by atoms with van der Waals surface area (Å²) in [4.78, 5) is 16.7. The van der Waals surface area contributed by atoms with E-state index in [1.807, 2.05) is 0 Å². The maximum Gasteiger partial charge on any atom is 0.265 e. The van der Waals surface area contributed by atoms with Crippen LogP contribution in [-0.2, 0) is 0 Å². The molecular weight excluding hydrogens is 260 g/mol. The SMILES string of the molecule is CCCCCNC(=O)c1sc(NC2CCC2)nc1N. The van der Waals surface area contributed by atoms with E-state index in [4.69, 9.17) is 5.73 Å². The molecule has 0 atom stereocenters. The van der Waals surface area contributed by atoms with E-state index in [2.05, 4.69) is 22.5 Å². The number of hydrogen-bond donors (Lipinski definition) is 3. The monoisotopic (exact) mass is 282 g/mol. The number of rotatable bonds is 7. The van der Waals surface area contributed by atoms with Crippen LogP contribution in [0.4, 0.5) is 10.9 Å². The van der Waals surface area contributed by atoms with Crippen LogP contribution < -0.4 is 16.4 Å². The zero-order chi connectivity index (χ0) is 13.7. The lowest BCUT2D eigenvalue weighted by Gasteiger charge is -2.25. The van der Waals surface area contributed by atoms with Crippen molar-refractivity contribution in [2.24, 2.45) is 0 Å². The standard InChI is InChI=1S/C13H22N4OS/c1-2-3-4-8-15-12(18)10-11(14)17-13(19-10)16-9-6-5-7-9/h9H,2-8,14H2,1H3,(H,15,18)(H,16,17). The Bertz CT molecular complexity index is 428. The molecule has 19 heavy (non-hydrogen) atoms. The topological polar surface area (TPSA) is 80.0 Å². The highest BCUT2D eigenvalue weighted by Gasteiger charge is 2.21. The van der Waals surface area contributed by atoms with Gasteiger partial charge in [0, 0.05) is 12.6 Å². The van der Waals surface area contributed by atoms with Crippen LogP contribution in [0.3, 0.4) is 0 Å². The van der Waals surface area contributed by atoms with Crippen LogP contribution in [-0.4, -0.2) is 23.5 Å². The Kier molecular flexibility index (Phi) is 5.01. The Morgan fingerprint density at radius 3 is 2.89 bits per heavy atom. The number of thiazole rings is 1. The summed E-state index contributed by atoms with van der Waals surface area (Å²) < 4.78 is 0. The van der Waals surface area contributed by atoms with Gasteiger partial charge >= 0.3 is 0 Å². The number of nitrogens with one attached hydrogen (secondary N) is 2. The minimum Gasteiger partial charge on any atom is -0.382 e. The molecule has 1 fully saturated rings. The van der Waals surface area contributed by atoms with Crippen LogP contribution in [0.1, 0.15) is 55.1 Å². The zero-order valence-corrected chi connectivity index (χ0v) is 12.2. The fourth-order valence-corrected chi connectivity index (χ4v) is 2.82. The van der Waals surface area contributed by atoms with Gasteiger partial charge in [0.1, 0.15) is 10.7 Å². The molecule has 0 spiro atoms. The number of anilines is 2. The van der Waals surface area contributed by atoms with Crippen LogP contribution in [0.5, 0.6) is 0 Å². The maximum atomic E-state index is 12.0. The Labute approximate surface area is 118 Å². The van der Waals surface area contributed by atoms with Crippen molar-refractivity contribution in [1.82, 2.24) is 10.3 Å². The number of nitrogens with zero attached hydrogens (tertiary/aromatic N) is 1. The third-order valence-corrected chi connectivity index (χ3v) is 4.36. The second kappa shape index (κ2) is 6.75. The van der Waals surface area contributed by atoms with Crippen LogP contribution in [0, 0.1) is 0 Å². The molecule has 0 unspecified atom stereocenters. The summed E-state index contributed by atoms with van der Waals surface area (Å²) in [5, 5.41) is 6.98. The summed E-state index contributed by atoms with van der Waals surface area (Å²) in [7, 11) is 0. The first-order chi connectivity index (χ1) is 9.20. The normalized spacial score (nSPS) is 15.0. The van der Waals surface area contributed by atoms with E-state index >= 15 is 0 Å². The van der Waals surface area contributed by atoms with E-state index in [1.54, 1.807) is 0 Å². The number of nitrogen functional groups attached to an aromatic ring is 1. The Morgan fingerprint density at radius 2 is 2.26 bits per heavy atom. The lowest BCUT2D eigenvalue weighted by Crippen LogP contribution is -2.26. The van der Waals surface area contributed by atoms with E-state index in [9.17, 15) is 4.79 Å². The minimum atomic E-state index is -0.104. The van der Waals surface area contributed by atoms with Crippen LogP contribution in [0.15, 0.2) is 0 Å². The van der Waals surface area contributed by atoms with E-state index < -0.39 is 0 Å². The van der Waals surface area contributed by atoms with Gasteiger partial charge < -0.3 is 16.4 Å². The van der Waals surface area contributed by atoms with E-state index in [0.29, 0.717) is 23.3 Å². The van der Waals surface area contributed by atoms with Gasteiger partial charge in [-0.2, -0.15) is 0 Å². The molecule has 6 heteroatoms. The molecule has 2 rings (SSSR count). The first-order valence-corrected chi connectivity index (χ1v) is 7.83. The average Bonchev–Trinajstić information content (AvgIpc) is 2.71. The molecule has 0 bridgehead atoms. The summed E-state index contributed by atoms with van der Waals surface area (Å²) in [5.74, 6) is 0.229. The smallest absolute Gasteiger partial charge is 0.265 e. The predicted octanol–water partition coefficient (Wildman–Crippen LogP) is 2.61. The summed E-state index contributed by atoms with van der Waals surface area (Å²) in [5.41, 5.74) is 5.81. The maximum absolute atomic E-state index is 12.0. The number of hydrogen-bond acceptors (Lipinski definition) is 5. The third-order valence-electron chi connectivity index (χ3n) is 3.36. The zero-order valence-electron chi connectivity index (χ0n) is 11.4. The third kappa shape index (κ3) is 3.83. The van der Waals surface area contributed by atoms with Gasteiger partial charge in [-0.1, -0.05) is 31.1 Å². The Balaban J connectivity index is 1.85. The molecule has 0 aromatic carbocycles. The van der Waals surface area contributed by atoms with Gasteiger partial charge in [0.05, 0.1) is 0 Å². The number of carbonyl (C=O) groups excluding carboxylic acids is 1. The van der Waals surface area contributed by atoms with Crippen molar-refractivity contribution >= 4 is 28.2 Å². The molecule has 4 N–H and O–H groups in total. The summed E-state index contributed by atoms with van der Waals surface area (Å²) in [6.45, 7) is 2.84. The molecule has 1 heterocycles. The van der Waals surface area contributed by atoms with Crippen molar-refractivity contribution in [3.8, 4) is 0 Å². The van der Waals surface area contributed by atoms with Gasteiger partial charge in [0.2, 0.25) is 0 Å². The fraction of sp³-hybridized carbons (Fsp3) is 0.692. The van der Waals surface area contributed by atoms with E-state index in [0.717, 1.165) is 24.4 Å². The van der Waals surface area contributed by atoms with Crippen molar-refractivity contribution in [3.05, 3.63) is 4.88 Å². The van der Waals surface area contributed by atoms with Gasteiger partial charge in [-0.25, -0.2) is 4.98 Å². The highest BCUT2D eigenvalue weighted by atomic mass is 32.1. The average molecular weight is 282 g/mol. The molecule has 1 amide bonds. The van der Waals surface area contributed by atoms with Crippen molar-refractivity contribution in [1.29, 1.82) is 0 Å². The molecule has 0 aliphatic heterocycles. The molecule has 5 nitrogen and oxygen atoms in total. The highest BCUT2D eigenvalue weighted by molar-refractivity contribution is 7.18. The first-order valence-electron chi connectivity index (χ1n) is 7.01. The summed E-state index contributed by atoms with van der Waals surface area (Å²) >= 11 is 1.35. The van der Waals surface area contributed by atoms with Gasteiger partial charge in [-0.05, 0) is 25.7 Å². The van der Waals surface area contributed by atoms with Crippen LogP contribution >= 0.6 is 11.3 Å². The molecule has 0 radical (unpaired) electrons. The summed E-state index contributed by atoms with van der Waals surface area (Å²) in [6, 6.07) is 0.506. The van der Waals surface area contributed by atoms with E-state index in [1.165, 1.54) is 30.6 Å². The van der Waals surface area contributed by atoms with Crippen molar-refractivity contribution in [3.63, 3.8) is 0 Å². The first kappa shape index (κ1) is 14.1. The second-order valence-electron chi connectivity index (χ2n) is 4.97. The number of unbranched alkanes of at least 4 members (excludes halogenated alkanes) is 2. The Hall–Kier alpha value is -1.30. The molecule has 1 saturated carbocycles. The van der Waals surface area contributed by atoms with Gasteiger partial charge in [0.15, 0.2) is 5.13 Å². The van der Waals surface area contributed by atoms with Crippen molar-refractivity contribution in [2.75, 3.05) is 17.6 Å². The van der Waals surface area contributed by atoms with Gasteiger partial charge in [0.25, 0.3) is 5.91 Å². The lowest BCUT2D eigenvalue weighted by molar-refractivity contribution is 0.0957. The number of amides is 1. The number of carbonyl (C=O) groups is 1. The highest BCUT2D eigenvalue weighted by Crippen LogP contribution is 2.29. The largest absolute Gasteiger partial charge is 0.382 e. The lowest BCUT2D eigenvalue weighted by atomic mass is 9.93. The molecular formula is C13H22N4OS. The molecule has 1 aliphatic rings. The minimum absolute atomic E-state index is 0.104. The van der Waals surface area contributed by atoms with Crippen molar-refractivity contribution < 1.29 is 4.79 Å². The number of aromatic nitrogens is 1. The molecule has 0 saturated heterocycles. The number of nitrogens with two attached hydrogens (primary N) is 1. The molecule has 106 valence electrons.